The maximum atomic E-state index is 12.0. The third-order valence-corrected chi connectivity index (χ3v) is 2.72. The highest BCUT2D eigenvalue weighted by atomic mass is 16.6. The summed E-state index contributed by atoms with van der Waals surface area (Å²) in [4.78, 5) is 27.3. The fourth-order valence-corrected chi connectivity index (χ4v) is 1.51. The van der Waals surface area contributed by atoms with Gasteiger partial charge in [-0.25, -0.2) is 4.98 Å². The number of nitrogens with zero attached hydrogens (tertiary/aromatic N) is 3. The van der Waals surface area contributed by atoms with E-state index in [0.29, 0.717) is 6.61 Å². The number of pyridine rings is 1. The quantitative estimate of drug-likeness (QED) is 0.533. The zero-order valence-corrected chi connectivity index (χ0v) is 9.41. The molecule has 1 aromatic heterocycles. The summed E-state index contributed by atoms with van der Waals surface area (Å²) in [5, 5.41) is 10.6. The first-order valence-electron chi connectivity index (χ1n) is 5.05. The standard InChI is InChI=1S/C10H11N3O4/c1-6-5-17-9-8(10(14)12(6)2)3-7(4-11-9)13(15)16/h3-4,6H,5H2,1-2H3. The fraction of sp³-hybridized carbons (Fsp3) is 0.400. The summed E-state index contributed by atoms with van der Waals surface area (Å²) in [6.07, 6.45) is 1.09. The van der Waals surface area contributed by atoms with E-state index in [1.807, 2.05) is 6.92 Å². The number of aromatic nitrogens is 1. The minimum absolute atomic E-state index is 0.101. The Morgan fingerprint density at radius 3 is 3.00 bits per heavy atom. The molecule has 0 spiro atoms. The molecule has 0 N–H and O–H groups in total. The predicted octanol–water partition coefficient (Wildman–Crippen LogP) is 0.843. The van der Waals surface area contributed by atoms with Crippen LogP contribution in [0.1, 0.15) is 17.3 Å². The van der Waals surface area contributed by atoms with Crippen molar-refractivity contribution in [1.29, 1.82) is 0 Å². The van der Waals surface area contributed by atoms with E-state index in [2.05, 4.69) is 4.98 Å². The van der Waals surface area contributed by atoms with Gasteiger partial charge in [-0.3, -0.25) is 14.9 Å². The highest BCUT2D eigenvalue weighted by Gasteiger charge is 2.28. The zero-order valence-electron chi connectivity index (χ0n) is 9.41. The van der Waals surface area contributed by atoms with Crippen LogP contribution in [0.5, 0.6) is 5.88 Å². The lowest BCUT2D eigenvalue weighted by atomic mass is 10.2. The number of carbonyl (C=O) groups is 1. The van der Waals surface area contributed by atoms with Crippen molar-refractivity contribution in [2.75, 3.05) is 13.7 Å². The summed E-state index contributed by atoms with van der Waals surface area (Å²) < 4.78 is 5.34. The highest BCUT2D eigenvalue weighted by Crippen LogP contribution is 2.25. The Bertz CT molecular complexity index is 488. The van der Waals surface area contributed by atoms with Gasteiger partial charge in [0.05, 0.1) is 11.0 Å². The number of carbonyl (C=O) groups excluding carboxylic acids is 1. The zero-order chi connectivity index (χ0) is 12.6. The molecule has 0 bridgehead atoms. The van der Waals surface area contributed by atoms with Crippen molar-refractivity contribution in [3.05, 3.63) is 27.9 Å². The van der Waals surface area contributed by atoms with Crippen LogP contribution in [-0.4, -0.2) is 40.4 Å². The summed E-state index contributed by atoms with van der Waals surface area (Å²) in [7, 11) is 1.63. The molecule has 0 saturated heterocycles. The van der Waals surface area contributed by atoms with Gasteiger partial charge < -0.3 is 9.64 Å². The molecule has 1 aromatic rings. The number of ether oxygens (including phenoxy) is 1. The van der Waals surface area contributed by atoms with E-state index in [4.69, 9.17) is 4.74 Å². The second-order valence-corrected chi connectivity index (χ2v) is 3.88. The van der Waals surface area contributed by atoms with Crippen molar-refractivity contribution in [3.63, 3.8) is 0 Å². The van der Waals surface area contributed by atoms with E-state index >= 15 is 0 Å². The monoisotopic (exact) mass is 237 g/mol. The molecule has 1 unspecified atom stereocenters. The van der Waals surface area contributed by atoms with E-state index in [9.17, 15) is 14.9 Å². The van der Waals surface area contributed by atoms with Gasteiger partial charge in [-0.1, -0.05) is 0 Å². The smallest absolute Gasteiger partial charge is 0.288 e. The Labute approximate surface area is 97.2 Å². The van der Waals surface area contributed by atoms with Crippen molar-refractivity contribution >= 4 is 11.6 Å². The average Bonchev–Trinajstić information content (AvgIpc) is 2.42. The summed E-state index contributed by atoms with van der Waals surface area (Å²) in [6.45, 7) is 2.15. The normalized spacial score (nSPS) is 19.3. The maximum absolute atomic E-state index is 12.0. The molecule has 90 valence electrons. The van der Waals surface area contributed by atoms with Crippen LogP contribution in [0, 0.1) is 10.1 Å². The fourth-order valence-electron chi connectivity index (χ4n) is 1.51. The van der Waals surface area contributed by atoms with Crippen molar-refractivity contribution in [3.8, 4) is 5.88 Å². The number of rotatable bonds is 1. The van der Waals surface area contributed by atoms with Gasteiger partial charge in [0.25, 0.3) is 11.6 Å². The molecule has 1 aliphatic rings. The minimum atomic E-state index is -0.588. The predicted molar refractivity (Wildman–Crippen MR) is 57.9 cm³/mol. The number of fused-ring (bicyclic) bond motifs is 1. The first-order valence-corrected chi connectivity index (χ1v) is 5.05. The van der Waals surface area contributed by atoms with E-state index < -0.39 is 4.92 Å². The molecule has 7 nitrogen and oxygen atoms in total. The molecule has 7 heteroatoms. The van der Waals surface area contributed by atoms with Gasteiger partial charge in [0.2, 0.25) is 5.88 Å². The number of nitro groups is 1. The lowest BCUT2D eigenvalue weighted by molar-refractivity contribution is -0.385. The Morgan fingerprint density at radius 1 is 1.65 bits per heavy atom. The Morgan fingerprint density at radius 2 is 2.35 bits per heavy atom. The van der Waals surface area contributed by atoms with Gasteiger partial charge in [0, 0.05) is 13.1 Å². The van der Waals surface area contributed by atoms with Crippen LogP contribution in [0.2, 0.25) is 0 Å². The van der Waals surface area contributed by atoms with Gasteiger partial charge in [-0.05, 0) is 6.92 Å². The first-order chi connectivity index (χ1) is 8.00. The SMILES string of the molecule is CC1COc2ncc([N+](=O)[O-])cc2C(=O)N1C. The molecule has 1 amide bonds. The van der Waals surface area contributed by atoms with Crippen LogP contribution in [0.4, 0.5) is 5.69 Å². The molecule has 0 aromatic carbocycles. The third-order valence-electron chi connectivity index (χ3n) is 2.72. The van der Waals surface area contributed by atoms with Crippen molar-refractivity contribution < 1.29 is 14.5 Å². The van der Waals surface area contributed by atoms with Crippen LogP contribution >= 0.6 is 0 Å². The second kappa shape index (κ2) is 4.00. The Balaban J connectivity index is 2.50. The van der Waals surface area contributed by atoms with Crippen molar-refractivity contribution in [1.82, 2.24) is 9.88 Å². The van der Waals surface area contributed by atoms with Gasteiger partial charge in [0.1, 0.15) is 18.4 Å². The van der Waals surface area contributed by atoms with Gasteiger partial charge in [0.15, 0.2) is 0 Å². The largest absolute Gasteiger partial charge is 0.475 e. The molecule has 0 aliphatic carbocycles. The molecule has 0 fully saturated rings. The molecule has 0 radical (unpaired) electrons. The molecule has 0 saturated carbocycles. The average molecular weight is 237 g/mol. The second-order valence-electron chi connectivity index (χ2n) is 3.88. The number of hydrogen-bond acceptors (Lipinski definition) is 5. The number of hydrogen-bond donors (Lipinski definition) is 0. The van der Waals surface area contributed by atoms with E-state index in [-0.39, 0.29) is 29.1 Å². The molecule has 17 heavy (non-hydrogen) atoms. The Kier molecular flexibility index (Phi) is 2.66. The molecule has 1 aliphatic heterocycles. The van der Waals surface area contributed by atoms with Crippen LogP contribution < -0.4 is 4.74 Å². The minimum Gasteiger partial charge on any atom is -0.475 e. The molecular formula is C10H11N3O4. The van der Waals surface area contributed by atoms with Crippen LogP contribution in [0.15, 0.2) is 12.3 Å². The van der Waals surface area contributed by atoms with Gasteiger partial charge >= 0.3 is 0 Å². The van der Waals surface area contributed by atoms with Crippen LogP contribution in [0.25, 0.3) is 0 Å². The topological polar surface area (TPSA) is 85.6 Å². The van der Waals surface area contributed by atoms with Crippen LogP contribution in [0.3, 0.4) is 0 Å². The lowest BCUT2D eigenvalue weighted by Crippen LogP contribution is -2.36. The molecule has 1 atom stereocenters. The first kappa shape index (κ1) is 11.3. The van der Waals surface area contributed by atoms with E-state index in [1.54, 1.807) is 7.05 Å². The van der Waals surface area contributed by atoms with Gasteiger partial charge in [-0.15, -0.1) is 0 Å². The lowest BCUT2D eigenvalue weighted by Gasteiger charge is -2.20. The maximum Gasteiger partial charge on any atom is 0.288 e. The Hall–Kier alpha value is -2.18. The molecule has 2 heterocycles. The third kappa shape index (κ3) is 1.91. The molecular weight excluding hydrogens is 226 g/mol. The number of likely N-dealkylation sites (N-methyl/N-ethyl adjacent to an activating group) is 1. The summed E-state index contributed by atoms with van der Waals surface area (Å²) >= 11 is 0. The summed E-state index contributed by atoms with van der Waals surface area (Å²) in [5.74, 6) is -0.169. The van der Waals surface area contributed by atoms with E-state index in [1.165, 1.54) is 11.0 Å². The van der Waals surface area contributed by atoms with E-state index in [0.717, 1.165) is 6.20 Å². The van der Waals surface area contributed by atoms with Gasteiger partial charge in [-0.2, -0.15) is 0 Å². The number of amides is 1. The molecule has 2 rings (SSSR count). The summed E-state index contributed by atoms with van der Waals surface area (Å²) in [5.41, 5.74) is -0.0882. The van der Waals surface area contributed by atoms with Crippen LogP contribution in [-0.2, 0) is 0 Å². The van der Waals surface area contributed by atoms with Crippen molar-refractivity contribution in [2.45, 2.75) is 13.0 Å². The van der Waals surface area contributed by atoms with Crippen molar-refractivity contribution in [2.24, 2.45) is 0 Å². The highest BCUT2D eigenvalue weighted by molar-refractivity contribution is 5.97. The summed E-state index contributed by atoms with van der Waals surface area (Å²) in [6, 6.07) is 1.09.